The van der Waals surface area contributed by atoms with E-state index < -0.39 is 0 Å². The van der Waals surface area contributed by atoms with Gasteiger partial charge >= 0.3 is 0 Å². The van der Waals surface area contributed by atoms with Crippen LogP contribution in [0.5, 0.6) is 11.5 Å². The molecule has 0 spiro atoms. The second-order valence-electron chi connectivity index (χ2n) is 9.47. The quantitative estimate of drug-likeness (QED) is 0.547. The Morgan fingerprint density at radius 3 is 2.25 bits per heavy atom. The van der Waals surface area contributed by atoms with Crippen molar-refractivity contribution in [2.75, 3.05) is 6.54 Å². The Labute approximate surface area is 170 Å². The highest BCUT2D eigenvalue weighted by atomic mass is 16.3. The van der Waals surface area contributed by atoms with Crippen LogP contribution in [0.3, 0.4) is 0 Å². The zero-order chi connectivity index (χ0) is 21.1. The van der Waals surface area contributed by atoms with Gasteiger partial charge in [0.05, 0.1) is 0 Å². The van der Waals surface area contributed by atoms with E-state index in [4.69, 9.17) is 0 Å². The van der Waals surface area contributed by atoms with Gasteiger partial charge in [-0.15, -0.1) is 0 Å². The lowest BCUT2D eigenvalue weighted by molar-refractivity contribution is 0.341. The van der Waals surface area contributed by atoms with Crippen LogP contribution < -0.4 is 10.6 Å². The van der Waals surface area contributed by atoms with Gasteiger partial charge in [0.15, 0.2) is 0 Å². The molecular weight excluding hydrogens is 348 g/mol. The maximum absolute atomic E-state index is 10.8. The highest BCUT2D eigenvalue weighted by molar-refractivity contribution is 5.46. The summed E-state index contributed by atoms with van der Waals surface area (Å²) >= 11 is 0. The first-order valence-corrected chi connectivity index (χ1v) is 10.00. The van der Waals surface area contributed by atoms with Crippen molar-refractivity contribution >= 4 is 0 Å². The maximum Gasteiger partial charge on any atom is 0.123 e. The lowest BCUT2D eigenvalue weighted by Gasteiger charge is -2.30. The summed E-state index contributed by atoms with van der Waals surface area (Å²) in [6, 6.07) is 11.6. The van der Waals surface area contributed by atoms with Crippen LogP contribution in [0.25, 0.3) is 0 Å². The summed E-state index contributed by atoms with van der Waals surface area (Å²) in [5.74, 6) is 0.699. The molecule has 4 heteroatoms. The molecule has 0 aliphatic rings. The minimum Gasteiger partial charge on any atom is -0.508 e. The topological polar surface area (TPSA) is 64.5 Å². The molecule has 0 saturated heterocycles. The van der Waals surface area contributed by atoms with Gasteiger partial charge in [0.25, 0.3) is 0 Å². The molecule has 154 valence electrons. The Morgan fingerprint density at radius 2 is 1.64 bits per heavy atom. The summed E-state index contributed by atoms with van der Waals surface area (Å²) in [6.07, 6.45) is 0. The van der Waals surface area contributed by atoms with Crippen molar-refractivity contribution in [3.63, 3.8) is 0 Å². The van der Waals surface area contributed by atoms with Crippen LogP contribution >= 0.6 is 0 Å². The van der Waals surface area contributed by atoms with Gasteiger partial charge in [0.2, 0.25) is 0 Å². The predicted octanol–water partition coefficient (Wildman–Crippen LogP) is 4.92. The third-order valence-corrected chi connectivity index (χ3v) is 5.15. The van der Waals surface area contributed by atoms with E-state index in [1.54, 1.807) is 6.07 Å². The minimum atomic E-state index is -0.184. The van der Waals surface area contributed by atoms with E-state index in [9.17, 15) is 10.2 Å². The van der Waals surface area contributed by atoms with Crippen molar-refractivity contribution in [3.8, 4) is 11.5 Å². The van der Waals surface area contributed by atoms with E-state index >= 15 is 0 Å². The highest BCUT2D eigenvalue weighted by Crippen LogP contribution is 2.34. The van der Waals surface area contributed by atoms with E-state index in [1.807, 2.05) is 31.2 Å². The lowest BCUT2D eigenvalue weighted by Crippen LogP contribution is -2.47. The van der Waals surface area contributed by atoms with Gasteiger partial charge in [0.1, 0.15) is 11.5 Å². The van der Waals surface area contributed by atoms with Crippen LogP contribution in [0.2, 0.25) is 0 Å². The molecule has 2 aromatic carbocycles. The van der Waals surface area contributed by atoms with E-state index in [-0.39, 0.29) is 17.0 Å². The van der Waals surface area contributed by atoms with Gasteiger partial charge in [-0.2, -0.15) is 0 Å². The summed E-state index contributed by atoms with van der Waals surface area (Å²) in [7, 11) is 0. The summed E-state index contributed by atoms with van der Waals surface area (Å²) in [5.41, 5.74) is 3.67. The molecule has 0 aliphatic heterocycles. The Kier molecular flexibility index (Phi) is 6.79. The van der Waals surface area contributed by atoms with Gasteiger partial charge in [-0.1, -0.05) is 56.7 Å². The van der Waals surface area contributed by atoms with Crippen molar-refractivity contribution in [2.24, 2.45) is 0 Å². The molecule has 1 unspecified atom stereocenters. The number of phenols is 2. The van der Waals surface area contributed by atoms with Gasteiger partial charge in [-0.05, 0) is 44.7 Å². The Morgan fingerprint density at radius 1 is 1.00 bits per heavy atom. The molecule has 2 rings (SSSR count). The maximum atomic E-state index is 10.8. The van der Waals surface area contributed by atoms with Crippen LogP contribution in [0, 0.1) is 6.92 Å². The summed E-state index contributed by atoms with van der Waals surface area (Å²) in [4.78, 5) is 0. The molecule has 4 nitrogen and oxygen atoms in total. The van der Waals surface area contributed by atoms with Gasteiger partial charge in [0, 0.05) is 35.8 Å². The predicted molar refractivity (Wildman–Crippen MR) is 117 cm³/mol. The number of phenolic OH excluding ortho intramolecular Hbond substituents is 2. The zero-order valence-electron chi connectivity index (χ0n) is 18.4. The van der Waals surface area contributed by atoms with Crippen LogP contribution in [0.4, 0.5) is 0 Å². The third kappa shape index (κ3) is 5.73. The molecule has 0 saturated carbocycles. The van der Waals surface area contributed by atoms with Gasteiger partial charge < -0.3 is 20.8 Å². The molecule has 0 amide bonds. The molecule has 28 heavy (non-hydrogen) atoms. The second kappa shape index (κ2) is 8.54. The number of hydrogen-bond acceptors (Lipinski definition) is 4. The molecule has 2 aromatic rings. The number of aromatic hydroxyl groups is 2. The third-order valence-electron chi connectivity index (χ3n) is 5.15. The molecule has 0 bridgehead atoms. The van der Waals surface area contributed by atoms with E-state index in [0.29, 0.717) is 18.0 Å². The number of hydrogen-bond donors (Lipinski definition) is 4. The van der Waals surface area contributed by atoms with E-state index in [0.717, 1.165) is 28.8 Å². The van der Waals surface area contributed by atoms with Crippen LogP contribution in [-0.4, -0.2) is 22.3 Å². The second-order valence-corrected chi connectivity index (χ2v) is 9.47. The van der Waals surface area contributed by atoms with Crippen molar-refractivity contribution in [1.29, 1.82) is 0 Å². The molecule has 1 atom stereocenters. The standard InChI is InChI=1S/C24H36N2O2/c1-16-12-18(22(28)20(13-16)23(3,4)5)14-26-24(6,7)15-25-17(2)19-10-8-9-11-21(19)27/h8-13,17,25-28H,14-15H2,1-7H3. The van der Waals surface area contributed by atoms with Crippen molar-refractivity contribution in [2.45, 2.75) is 72.0 Å². The molecule has 0 fully saturated rings. The van der Waals surface area contributed by atoms with E-state index in [2.05, 4.69) is 58.2 Å². The molecule has 0 aromatic heterocycles. The number of nitrogens with one attached hydrogen (secondary N) is 2. The summed E-state index contributed by atoms with van der Waals surface area (Å²) in [6.45, 7) is 16.1. The van der Waals surface area contributed by atoms with Gasteiger partial charge in [-0.3, -0.25) is 0 Å². The normalized spacial score (nSPS) is 13.5. The fourth-order valence-electron chi connectivity index (χ4n) is 3.33. The fraction of sp³-hybridized carbons (Fsp3) is 0.500. The van der Waals surface area contributed by atoms with Crippen molar-refractivity contribution in [3.05, 3.63) is 58.7 Å². The molecule has 4 N–H and O–H groups in total. The monoisotopic (exact) mass is 384 g/mol. The van der Waals surface area contributed by atoms with Crippen molar-refractivity contribution in [1.82, 2.24) is 10.6 Å². The number of para-hydroxylation sites is 1. The lowest BCUT2D eigenvalue weighted by atomic mass is 9.84. The zero-order valence-corrected chi connectivity index (χ0v) is 18.4. The average molecular weight is 385 g/mol. The molecule has 0 aliphatic carbocycles. The molecular formula is C24H36N2O2. The van der Waals surface area contributed by atoms with Gasteiger partial charge in [-0.25, -0.2) is 0 Å². The average Bonchev–Trinajstić information content (AvgIpc) is 2.59. The Bertz CT molecular complexity index is 807. The molecule has 0 radical (unpaired) electrons. The fourth-order valence-corrected chi connectivity index (χ4v) is 3.33. The highest BCUT2D eigenvalue weighted by Gasteiger charge is 2.23. The smallest absolute Gasteiger partial charge is 0.123 e. The minimum absolute atomic E-state index is 0.0436. The Hall–Kier alpha value is -2.04. The van der Waals surface area contributed by atoms with Crippen LogP contribution in [0.1, 0.15) is 69.8 Å². The largest absolute Gasteiger partial charge is 0.508 e. The summed E-state index contributed by atoms with van der Waals surface area (Å²) in [5, 5.41) is 27.8. The number of aryl methyl sites for hydroxylation is 1. The van der Waals surface area contributed by atoms with E-state index in [1.165, 1.54) is 0 Å². The van der Waals surface area contributed by atoms with Crippen molar-refractivity contribution < 1.29 is 10.2 Å². The summed E-state index contributed by atoms with van der Waals surface area (Å²) < 4.78 is 0. The first kappa shape index (κ1) is 22.3. The first-order valence-electron chi connectivity index (χ1n) is 10.00. The first-order chi connectivity index (χ1) is 12.9. The number of rotatable bonds is 7. The van der Waals surface area contributed by atoms with Crippen LogP contribution in [0.15, 0.2) is 36.4 Å². The van der Waals surface area contributed by atoms with Crippen LogP contribution in [-0.2, 0) is 12.0 Å². The Balaban J connectivity index is 2.03. The number of benzene rings is 2. The SMILES string of the molecule is Cc1cc(CNC(C)(C)CNC(C)c2ccccc2O)c(O)c(C(C)(C)C)c1. The molecule has 0 heterocycles.